The highest BCUT2D eigenvalue weighted by Gasteiger charge is 2.38. The van der Waals surface area contributed by atoms with Crippen molar-refractivity contribution >= 4 is 35.4 Å². The van der Waals surface area contributed by atoms with Gasteiger partial charge in [0, 0.05) is 0 Å². The van der Waals surface area contributed by atoms with Gasteiger partial charge in [-0.2, -0.15) is 0 Å². The molecule has 0 aromatic heterocycles. The Morgan fingerprint density at radius 3 is 2.88 bits per heavy atom. The lowest BCUT2D eigenvalue weighted by molar-refractivity contribution is 0.00855. The Kier molecular flexibility index (Phi) is 5.64. The van der Waals surface area contributed by atoms with Gasteiger partial charge >= 0.3 is 5.17 Å². The van der Waals surface area contributed by atoms with Crippen molar-refractivity contribution in [1.29, 1.82) is 0 Å². The zero-order chi connectivity index (χ0) is 12.1. The molecule has 3 N–H and O–H groups in total. The first-order valence-corrected chi connectivity index (χ1v) is 6.70. The Morgan fingerprint density at radius 2 is 2.38 bits per heavy atom. The zero-order valence-corrected chi connectivity index (χ0v) is 10.6. The number of aliphatic hydroxyl groups excluding tert-OH is 2. The van der Waals surface area contributed by atoms with Crippen LogP contribution in [-0.2, 0) is 0 Å². The average Bonchev–Trinajstić information content (AvgIpc) is 2.30. The van der Waals surface area contributed by atoms with Gasteiger partial charge in [-0.25, -0.2) is 9.06 Å². The maximum atomic E-state index is 12.6. The zero-order valence-electron chi connectivity index (χ0n) is 8.97. The number of nitrogens with one attached hydrogen (secondary N) is 1. The topological polar surface area (TPSA) is 66.6 Å². The Hall–Kier alpha value is -0.200. The van der Waals surface area contributed by atoms with Crippen LogP contribution in [0.1, 0.15) is 6.42 Å². The monoisotopic (exact) mass is 267 g/mol. The Morgan fingerprint density at radius 1 is 1.69 bits per heavy atom. The molecular formula is C9H16FN2O2S2+. The molecule has 1 aliphatic heterocycles. The molecular weight excluding hydrogens is 251 g/mol. The summed E-state index contributed by atoms with van der Waals surface area (Å²) in [5.74, 6) is 0. The fraction of sp³-hybridized carbons (Fsp3) is 0.778. The number of halogens is 1. The summed E-state index contributed by atoms with van der Waals surface area (Å²) in [6, 6.07) is 0. The van der Waals surface area contributed by atoms with Gasteiger partial charge in [-0.1, -0.05) is 0 Å². The summed E-state index contributed by atoms with van der Waals surface area (Å²) in [4.78, 5) is 0. The lowest BCUT2D eigenvalue weighted by Crippen LogP contribution is -2.43. The van der Waals surface area contributed by atoms with E-state index in [1.54, 1.807) is 7.05 Å². The molecule has 0 saturated carbocycles. The van der Waals surface area contributed by atoms with E-state index in [9.17, 15) is 14.6 Å². The Balaban J connectivity index is 2.60. The van der Waals surface area contributed by atoms with Crippen LogP contribution in [0.5, 0.6) is 0 Å². The fourth-order valence-corrected chi connectivity index (χ4v) is 4.19. The van der Waals surface area contributed by atoms with Crippen molar-refractivity contribution in [3.63, 3.8) is 0 Å². The average molecular weight is 267 g/mol. The van der Waals surface area contributed by atoms with Crippen LogP contribution in [0.15, 0.2) is 0 Å². The van der Waals surface area contributed by atoms with Crippen LogP contribution in [0.3, 0.4) is 0 Å². The molecule has 0 aromatic rings. The molecule has 16 heavy (non-hydrogen) atoms. The largest absolute Gasteiger partial charge is 0.404 e. The number of amidine groups is 1. The van der Waals surface area contributed by atoms with Gasteiger partial charge in [0.25, 0.3) is 0 Å². The quantitative estimate of drug-likeness (QED) is 0.360. The molecule has 0 amide bonds. The number of hydrogen-bond donors (Lipinski definition) is 3. The molecule has 1 aliphatic rings. The molecule has 4 nitrogen and oxygen atoms in total. The predicted octanol–water partition coefficient (Wildman–Crippen LogP) is -0.414. The minimum absolute atomic E-state index is 0.0212. The molecule has 0 bridgehead atoms. The van der Waals surface area contributed by atoms with E-state index in [1.165, 1.54) is 23.5 Å². The number of rotatable bonds is 2. The van der Waals surface area contributed by atoms with Gasteiger partial charge in [0.1, 0.15) is 6.67 Å². The summed E-state index contributed by atoms with van der Waals surface area (Å²) in [6.45, 7) is 2.76. The van der Waals surface area contributed by atoms with Crippen molar-refractivity contribution in [3.05, 3.63) is 0 Å². The summed E-state index contributed by atoms with van der Waals surface area (Å²) in [5.41, 5.74) is 0. The molecule has 1 rings (SSSR count). The summed E-state index contributed by atoms with van der Waals surface area (Å²) in [7, 11) is 1.72. The lowest BCUT2D eigenvalue weighted by atomic mass is 10.1. The van der Waals surface area contributed by atoms with Crippen molar-refractivity contribution in [2.75, 3.05) is 13.7 Å². The predicted molar refractivity (Wildman–Crippen MR) is 68.7 cm³/mol. The molecule has 7 heteroatoms. The second-order valence-electron chi connectivity index (χ2n) is 3.38. The SMILES string of the molecule is C=[N+]=C(NC)SC1CC(O)C(O)C(CF)S1. The Bertz CT molecular complexity index is 287. The molecule has 4 atom stereocenters. The van der Waals surface area contributed by atoms with Gasteiger partial charge in [-0.05, 0) is 18.2 Å². The third-order valence-electron chi connectivity index (χ3n) is 2.29. The van der Waals surface area contributed by atoms with Gasteiger partial charge in [-0.3, -0.25) is 5.32 Å². The van der Waals surface area contributed by atoms with Crippen molar-refractivity contribution in [2.24, 2.45) is 0 Å². The summed E-state index contributed by atoms with van der Waals surface area (Å²) >= 11 is 2.72. The van der Waals surface area contributed by atoms with E-state index in [-0.39, 0.29) is 4.58 Å². The fourth-order valence-electron chi connectivity index (χ4n) is 1.42. The van der Waals surface area contributed by atoms with Crippen LogP contribution in [0.25, 0.3) is 0 Å². The van der Waals surface area contributed by atoms with Gasteiger partial charge in [0.05, 0.1) is 29.1 Å². The van der Waals surface area contributed by atoms with Crippen molar-refractivity contribution in [3.8, 4) is 0 Å². The van der Waals surface area contributed by atoms with E-state index >= 15 is 0 Å². The maximum absolute atomic E-state index is 12.6. The highest BCUT2D eigenvalue weighted by Crippen LogP contribution is 2.38. The van der Waals surface area contributed by atoms with Crippen molar-refractivity contribution in [1.82, 2.24) is 9.98 Å². The van der Waals surface area contributed by atoms with Crippen molar-refractivity contribution in [2.45, 2.75) is 28.5 Å². The summed E-state index contributed by atoms with van der Waals surface area (Å²) < 4.78 is 16.4. The van der Waals surface area contributed by atoms with Crippen LogP contribution in [0.2, 0.25) is 0 Å². The lowest BCUT2D eigenvalue weighted by Gasteiger charge is -2.33. The second-order valence-corrected chi connectivity index (χ2v) is 6.32. The smallest absolute Gasteiger partial charge is 0.390 e. The minimum Gasteiger partial charge on any atom is -0.390 e. The third kappa shape index (κ3) is 3.40. The van der Waals surface area contributed by atoms with E-state index in [4.69, 9.17) is 0 Å². The first-order chi connectivity index (χ1) is 7.62. The molecule has 1 saturated heterocycles. The number of alkyl halides is 1. The summed E-state index contributed by atoms with van der Waals surface area (Å²) in [6.07, 6.45) is -1.45. The third-order valence-corrected chi connectivity index (χ3v) is 5.17. The van der Waals surface area contributed by atoms with E-state index in [1.807, 2.05) is 0 Å². The van der Waals surface area contributed by atoms with Crippen LogP contribution in [0.4, 0.5) is 4.39 Å². The standard InChI is InChI=1S/C9H15FN2O2S2/c1-11-9(12-2)16-7-3-5(13)8(14)6(4-10)15-7/h5-8,13-14H,1,3-4H2,2H3/p+1. The molecule has 0 spiro atoms. The van der Waals surface area contributed by atoms with Crippen LogP contribution in [0, 0.1) is 0 Å². The molecule has 0 aromatic carbocycles. The molecule has 1 heterocycles. The molecule has 0 aliphatic carbocycles. The highest BCUT2D eigenvalue weighted by atomic mass is 32.2. The van der Waals surface area contributed by atoms with Gasteiger partial charge in [0.2, 0.25) is 0 Å². The Labute approximate surface area is 102 Å². The first-order valence-electron chi connectivity index (χ1n) is 4.88. The van der Waals surface area contributed by atoms with E-state index < -0.39 is 24.1 Å². The van der Waals surface area contributed by atoms with E-state index in [0.29, 0.717) is 11.6 Å². The minimum atomic E-state index is -0.985. The normalized spacial score (nSPS) is 34.2. The van der Waals surface area contributed by atoms with Gasteiger partial charge < -0.3 is 10.2 Å². The van der Waals surface area contributed by atoms with E-state index in [0.717, 1.165) is 0 Å². The first kappa shape index (κ1) is 13.9. The number of hydrogen-bond acceptors (Lipinski definition) is 4. The van der Waals surface area contributed by atoms with Gasteiger partial charge in [-0.15, -0.1) is 11.8 Å². The highest BCUT2D eigenvalue weighted by molar-refractivity contribution is 8.25. The molecule has 4 unspecified atom stereocenters. The van der Waals surface area contributed by atoms with E-state index in [2.05, 4.69) is 16.7 Å². The number of nitrogens with zero attached hydrogens (tertiary/aromatic N) is 1. The maximum Gasteiger partial charge on any atom is 0.404 e. The van der Waals surface area contributed by atoms with Crippen molar-refractivity contribution < 1.29 is 14.6 Å². The number of thioether (sulfide) groups is 2. The molecule has 1 fully saturated rings. The summed E-state index contributed by atoms with van der Waals surface area (Å²) in [5, 5.41) is 22.0. The van der Waals surface area contributed by atoms with Gasteiger partial charge in [0.15, 0.2) is 6.72 Å². The van der Waals surface area contributed by atoms with Crippen LogP contribution in [-0.4, -0.2) is 57.9 Å². The van der Waals surface area contributed by atoms with Crippen LogP contribution >= 0.6 is 23.5 Å². The number of aliphatic hydroxyl groups is 2. The second kappa shape index (κ2) is 6.51. The van der Waals surface area contributed by atoms with Crippen LogP contribution < -0.4 is 9.98 Å². The molecule has 0 radical (unpaired) electrons. The molecule has 92 valence electrons.